The molecule has 0 amide bonds. The molecular weight excluding hydrogens is 230 g/mol. The maximum Gasteiger partial charge on any atom is 0.161 e. The smallest absolute Gasteiger partial charge is 0.161 e. The lowest BCUT2D eigenvalue weighted by Gasteiger charge is -2.09. The van der Waals surface area contributed by atoms with Gasteiger partial charge in [0.25, 0.3) is 0 Å². The first-order chi connectivity index (χ1) is 8.09. The first kappa shape index (κ1) is 12.0. The van der Waals surface area contributed by atoms with Crippen LogP contribution in [0.25, 0.3) is 0 Å². The van der Waals surface area contributed by atoms with E-state index >= 15 is 0 Å². The molecule has 0 saturated carbocycles. The lowest BCUT2D eigenvalue weighted by Crippen LogP contribution is -2.15. The van der Waals surface area contributed by atoms with E-state index in [0.717, 1.165) is 22.2 Å². The summed E-state index contributed by atoms with van der Waals surface area (Å²) in [5, 5.41) is 12.9. The van der Waals surface area contributed by atoms with Crippen molar-refractivity contribution < 1.29 is 0 Å². The molecule has 0 radical (unpaired) electrons. The first-order valence-electron chi connectivity index (χ1n) is 5.55. The zero-order valence-electron chi connectivity index (χ0n) is 10.0. The van der Waals surface area contributed by atoms with Crippen molar-refractivity contribution in [3.8, 4) is 6.07 Å². The second-order valence-corrected chi connectivity index (χ2v) is 5.64. The third-order valence-corrected chi connectivity index (χ3v) is 3.77. The van der Waals surface area contributed by atoms with Crippen LogP contribution in [-0.2, 0) is 6.42 Å². The van der Waals surface area contributed by atoms with Crippen molar-refractivity contribution in [3.63, 3.8) is 0 Å². The van der Waals surface area contributed by atoms with Crippen LogP contribution >= 0.6 is 11.8 Å². The molecule has 0 aliphatic carbocycles. The molecule has 1 aliphatic rings. The summed E-state index contributed by atoms with van der Waals surface area (Å²) < 4.78 is 0. The summed E-state index contributed by atoms with van der Waals surface area (Å²) >= 11 is 1.75. The fraction of sp³-hybridized carbons (Fsp3) is 0.385. The monoisotopic (exact) mass is 245 g/mol. The van der Waals surface area contributed by atoms with E-state index in [4.69, 9.17) is 5.26 Å². The van der Waals surface area contributed by atoms with Crippen LogP contribution in [0.3, 0.4) is 0 Å². The zero-order valence-corrected chi connectivity index (χ0v) is 10.8. The molecule has 1 aliphatic heterocycles. The number of thioether (sulfide) groups is 1. The Hall–Kier alpha value is -1.47. The number of rotatable bonds is 2. The number of nitriles is 1. The molecule has 0 unspecified atom stereocenters. The van der Waals surface area contributed by atoms with E-state index in [0.29, 0.717) is 6.42 Å². The van der Waals surface area contributed by atoms with Gasteiger partial charge in [-0.05, 0) is 31.5 Å². The Bertz CT molecular complexity index is 468. The zero-order chi connectivity index (χ0) is 12.3. The maximum atomic E-state index is 8.59. The van der Waals surface area contributed by atoms with E-state index in [1.54, 1.807) is 11.8 Å². The number of nitrogens with zero attached hydrogens (tertiary/aromatic N) is 2. The Morgan fingerprint density at radius 1 is 1.41 bits per heavy atom. The SMILES string of the molecule is CC1(C)CSC(Nc2ccc(CC#N)cc2)=N1. The lowest BCUT2D eigenvalue weighted by molar-refractivity contribution is 0.605. The van der Waals surface area contributed by atoms with E-state index in [9.17, 15) is 0 Å². The van der Waals surface area contributed by atoms with Gasteiger partial charge >= 0.3 is 0 Å². The predicted octanol–water partition coefficient (Wildman–Crippen LogP) is 3.05. The van der Waals surface area contributed by atoms with Crippen molar-refractivity contribution in [2.75, 3.05) is 11.1 Å². The van der Waals surface area contributed by atoms with E-state index in [1.807, 2.05) is 24.3 Å². The number of aliphatic imine (C=N–C) groups is 1. The molecule has 0 atom stereocenters. The highest BCUT2D eigenvalue weighted by Crippen LogP contribution is 2.27. The largest absolute Gasteiger partial charge is 0.335 e. The number of nitrogens with one attached hydrogen (secondary N) is 1. The van der Waals surface area contributed by atoms with E-state index in [1.165, 1.54) is 0 Å². The fourth-order valence-corrected chi connectivity index (χ4v) is 2.63. The second kappa shape index (κ2) is 4.80. The van der Waals surface area contributed by atoms with Crippen LogP contribution < -0.4 is 5.32 Å². The molecule has 0 saturated heterocycles. The highest BCUT2D eigenvalue weighted by Gasteiger charge is 2.25. The Morgan fingerprint density at radius 3 is 2.65 bits per heavy atom. The van der Waals surface area contributed by atoms with Gasteiger partial charge in [0.05, 0.1) is 18.0 Å². The van der Waals surface area contributed by atoms with Crippen molar-refractivity contribution in [1.82, 2.24) is 0 Å². The molecule has 1 aromatic carbocycles. The van der Waals surface area contributed by atoms with Crippen LogP contribution in [0.5, 0.6) is 0 Å². The summed E-state index contributed by atoms with van der Waals surface area (Å²) in [6.07, 6.45) is 0.461. The average molecular weight is 245 g/mol. The molecule has 1 heterocycles. The molecule has 0 aromatic heterocycles. The fourth-order valence-electron chi connectivity index (χ4n) is 1.57. The second-order valence-electron chi connectivity index (χ2n) is 4.67. The van der Waals surface area contributed by atoms with Gasteiger partial charge in [-0.1, -0.05) is 23.9 Å². The van der Waals surface area contributed by atoms with Crippen LogP contribution in [0.2, 0.25) is 0 Å². The van der Waals surface area contributed by atoms with Crippen molar-refractivity contribution in [1.29, 1.82) is 5.26 Å². The van der Waals surface area contributed by atoms with Gasteiger partial charge in [-0.3, -0.25) is 4.99 Å². The van der Waals surface area contributed by atoms with Crippen LogP contribution in [-0.4, -0.2) is 16.5 Å². The molecule has 1 aromatic rings. The summed E-state index contributed by atoms with van der Waals surface area (Å²) in [6.45, 7) is 4.26. The van der Waals surface area contributed by atoms with Crippen molar-refractivity contribution in [3.05, 3.63) is 29.8 Å². The minimum absolute atomic E-state index is 0.0355. The van der Waals surface area contributed by atoms with E-state index in [-0.39, 0.29) is 5.54 Å². The highest BCUT2D eigenvalue weighted by atomic mass is 32.2. The molecule has 0 fully saturated rings. The molecule has 88 valence electrons. The summed E-state index contributed by atoms with van der Waals surface area (Å²) in [5.41, 5.74) is 2.10. The summed E-state index contributed by atoms with van der Waals surface area (Å²) in [6, 6.07) is 10.1. The molecule has 2 rings (SSSR count). The van der Waals surface area contributed by atoms with Gasteiger partial charge in [0, 0.05) is 11.4 Å². The number of hydrogen-bond acceptors (Lipinski definition) is 4. The topological polar surface area (TPSA) is 48.2 Å². The quantitative estimate of drug-likeness (QED) is 0.871. The Labute approximate surface area is 106 Å². The number of anilines is 1. The van der Waals surface area contributed by atoms with Gasteiger partial charge in [0.1, 0.15) is 0 Å². The highest BCUT2D eigenvalue weighted by molar-refractivity contribution is 8.14. The number of amidine groups is 1. The van der Waals surface area contributed by atoms with Crippen molar-refractivity contribution in [2.45, 2.75) is 25.8 Å². The van der Waals surface area contributed by atoms with Gasteiger partial charge in [-0.25, -0.2) is 0 Å². The third kappa shape index (κ3) is 3.24. The van der Waals surface area contributed by atoms with Crippen LogP contribution in [0, 0.1) is 11.3 Å². The van der Waals surface area contributed by atoms with Crippen molar-refractivity contribution in [2.24, 2.45) is 4.99 Å². The molecule has 0 bridgehead atoms. The van der Waals surface area contributed by atoms with E-state index in [2.05, 4.69) is 30.2 Å². The molecule has 1 N–H and O–H groups in total. The van der Waals surface area contributed by atoms with Crippen LogP contribution in [0.4, 0.5) is 5.69 Å². The Kier molecular flexibility index (Phi) is 3.39. The summed E-state index contributed by atoms with van der Waals surface area (Å²) in [4.78, 5) is 4.59. The van der Waals surface area contributed by atoms with Gasteiger partial charge in [0.2, 0.25) is 0 Å². The van der Waals surface area contributed by atoms with Gasteiger partial charge in [0.15, 0.2) is 5.17 Å². The minimum atomic E-state index is 0.0355. The lowest BCUT2D eigenvalue weighted by atomic mass is 10.1. The van der Waals surface area contributed by atoms with Crippen LogP contribution in [0.1, 0.15) is 19.4 Å². The average Bonchev–Trinajstić information content (AvgIpc) is 2.61. The standard InChI is InChI=1S/C13H15N3S/c1-13(2)9-17-12(16-13)15-11-5-3-10(4-6-11)7-8-14/h3-6H,7,9H2,1-2H3,(H,15,16). The summed E-state index contributed by atoms with van der Waals surface area (Å²) in [5.74, 6) is 1.02. The molecule has 3 nitrogen and oxygen atoms in total. The number of hydrogen-bond donors (Lipinski definition) is 1. The molecule has 17 heavy (non-hydrogen) atoms. The maximum absolute atomic E-state index is 8.59. The summed E-state index contributed by atoms with van der Waals surface area (Å²) in [7, 11) is 0. The van der Waals surface area contributed by atoms with Crippen molar-refractivity contribution >= 4 is 22.6 Å². The minimum Gasteiger partial charge on any atom is -0.335 e. The normalized spacial score (nSPS) is 17.4. The predicted molar refractivity (Wildman–Crippen MR) is 73.4 cm³/mol. The molecule has 4 heteroatoms. The van der Waals surface area contributed by atoms with E-state index < -0.39 is 0 Å². The number of benzene rings is 1. The Morgan fingerprint density at radius 2 is 2.12 bits per heavy atom. The molecular formula is C13H15N3S. The van der Waals surface area contributed by atoms with Gasteiger partial charge < -0.3 is 5.32 Å². The van der Waals surface area contributed by atoms with Gasteiger partial charge in [-0.15, -0.1) is 0 Å². The first-order valence-corrected chi connectivity index (χ1v) is 6.53. The third-order valence-electron chi connectivity index (χ3n) is 2.45. The molecule has 0 spiro atoms. The van der Waals surface area contributed by atoms with Crippen LogP contribution in [0.15, 0.2) is 29.3 Å². The Balaban J connectivity index is 2.03. The van der Waals surface area contributed by atoms with Gasteiger partial charge in [-0.2, -0.15) is 5.26 Å².